The van der Waals surface area contributed by atoms with E-state index in [1.807, 2.05) is 6.07 Å². The number of hydrogen-bond acceptors (Lipinski definition) is 2. The molecule has 2 aliphatic rings. The van der Waals surface area contributed by atoms with E-state index >= 15 is 0 Å². The first-order valence-electron chi connectivity index (χ1n) is 6.18. The molecule has 2 heteroatoms. The van der Waals surface area contributed by atoms with Crippen molar-refractivity contribution in [2.45, 2.75) is 32.2 Å². The summed E-state index contributed by atoms with van der Waals surface area (Å²) in [6.45, 7) is 3.20. The standard InChI is InChI=1S/C13H19NO/c1-2-14-13(11-7-4-8-15-11)12-9-5-3-6-10(9)12/h4,7-10,12-14H,2-3,5-6H2,1H3. The minimum absolute atomic E-state index is 0.472. The molecule has 1 aromatic rings. The summed E-state index contributed by atoms with van der Waals surface area (Å²) in [6.07, 6.45) is 6.12. The van der Waals surface area contributed by atoms with Gasteiger partial charge < -0.3 is 9.73 Å². The van der Waals surface area contributed by atoms with Gasteiger partial charge in [0.05, 0.1) is 12.3 Å². The van der Waals surface area contributed by atoms with Crippen LogP contribution in [0.4, 0.5) is 0 Å². The number of rotatable bonds is 4. The van der Waals surface area contributed by atoms with Gasteiger partial charge in [-0.3, -0.25) is 0 Å². The Morgan fingerprint density at radius 2 is 2.27 bits per heavy atom. The van der Waals surface area contributed by atoms with Crippen LogP contribution >= 0.6 is 0 Å². The lowest BCUT2D eigenvalue weighted by Crippen LogP contribution is -2.23. The lowest BCUT2D eigenvalue weighted by atomic mass is 10.0. The summed E-state index contributed by atoms with van der Waals surface area (Å²) in [5.74, 6) is 3.96. The van der Waals surface area contributed by atoms with Crippen LogP contribution in [0.1, 0.15) is 38.0 Å². The molecule has 0 bridgehead atoms. The van der Waals surface area contributed by atoms with Crippen LogP contribution in [0.15, 0.2) is 22.8 Å². The smallest absolute Gasteiger partial charge is 0.120 e. The third-order valence-electron chi connectivity index (χ3n) is 4.13. The van der Waals surface area contributed by atoms with Crippen molar-refractivity contribution in [3.05, 3.63) is 24.2 Å². The van der Waals surface area contributed by atoms with Crippen LogP contribution in [0, 0.1) is 17.8 Å². The molecular weight excluding hydrogens is 186 g/mol. The number of furan rings is 1. The van der Waals surface area contributed by atoms with Gasteiger partial charge in [-0.2, -0.15) is 0 Å². The van der Waals surface area contributed by atoms with Gasteiger partial charge in [-0.1, -0.05) is 13.3 Å². The van der Waals surface area contributed by atoms with Gasteiger partial charge in [0, 0.05) is 0 Å². The molecule has 2 nitrogen and oxygen atoms in total. The van der Waals surface area contributed by atoms with Gasteiger partial charge in [0.1, 0.15) is 5.76 Å². The molecule has 82 valence electrons. The molecule has 2 saturated carbocycles. The third-order valence-corrected chi connectivity index (χ3v) is 4.13. The van der Waals surface area contributed by atoms with Gasteiger partial charge in [0.25, 0.3) is 0 Å². The molecule has 0 amide bonds. The maximum absolute atomic E-state index is 5.55. The van der Waals surface area contributed by atoms with Crippen molar-refractivity contribution >= 4 is 0 Å². The first-order chi connectivity index (χ1) is 7.42. The van der Waals surface area contributed by atoms with Gasteiger partial charge in [-0.05, 0) is 49.3 Å². The highest BCUT2D eigenvalue weighted by Gasteiger charge is 2.56. The summed E-state index contributed by atoms with van der Waals surface area (Å²) in [4.78, 5) is 0. The molecule has 3 unspecified atom stereocenters. The van der Waals surface area contributed by atoms with Crippen LogP contribution in [0.3, 0.4) is 0 Å². The van der Waals surface area contributed by atoms with Crippen LogP contribution in [0.2, 0.25) is 0 Å². The summed E-state index contributed by atoms with van der Waals surface area (Å²) in [5.41, 5.74) is 0. The minimum atomic E-state index is 0.472. The van der Waals surface area contributed by atoms with Crippen molar-refractivity contribution in [1.29, 1.82) is 0 Å². The van der Waals surface area contributed by atoms with Crippen LogP contribution in [-0.2, 0) is 0 Å². The predicted octanol–water partition coefficient (Wildman–Crippen LogP) is 2.98. The van der Waals surface area contributed by atoms with E-state index in [0.717, 1.165) is 30.1 Å². The maximum Gasteiger partial charge on any atom is 0.120 e. The second-order valence-corrected chi connectivity index (χ2v) is 4.89. The topological polar surface area (TPSA) is 25.2 Å². The first-order valence-corrected chi connectivity index (χ1v) is 6.18. The Balaban J connectivity index is 1.75. The molecule has 1 heterocycles. The van der Waals surface area contributed by atoms with Gasteiger partial charge in [-0.25, -0.2) is 0 Å². The average molecular weight is 205 g/mol. The second-order valence-electron chi connectivity index (χ2n) is 4.89. The van der Waals surface area contributed by atoms with E-state index in [4.69, 9.17) is 4.42 Å². The SMILES string of the molecule is CCNC(c1ccco1)C1C2CCCC21. The van der Waals surface area contributed by atoms with Crippen molar-refractivity contribution in [2.75, 3.05) is 6.54 Å². The Kier molecular flexibility index (Phi) is 2.32. The van der Waals surface area contributed by atoms with Gasteiger partial charge in [-0.15, -0.1) is 0 Å². The van der Waals surface area contributed by atoms with Crippen LogP contribution in [0.25, 0.3) is 0 Å². The van der Waals surface area contributed by atoms with Crippen molar-refractivity contribution in [2.24, 2.45) is 17.8 Å². The summed E-state index contributed by atoms with van der Waals surface area (Å²) < 4.78 is 5.55. The number of hydrogen-bond donors (Lipinski definition) is 1. The lowest BCUT2D eigenvalue weighted by Gasteiger charge is -2.17. The second kappa shape index (κ2) is 3.67. The highest BCUT2D eigenvalue weighted by atomic mass is 16.3. The van der Waals surface area contributed by atoms with Crippen molar-refractivity contribution in [3.63, 3.8) is 0 Å². The Morgan fingerprint density at radius 1 is 1.47 bits per heavy atom. The lowest BCUT2D eigenvalue weighted by molar-refractivity contribution is 0.354. The van der Waals surface area contributed by atoms with Crippen LogP contribution in [0.5, 0.6) is 0 Å². The molecule has 3 atom stereocenters. The van der Waals surface area contributed by atoms with E-state index in [9.17, 15) is 0 Å². The minimum Gasteiger partial charge on any atom is -0.468 e. The average Bonchev–Trinajstić information content (AvgIpc) is 2.73. The van der Waals surface area contributed by atoms with Crippen molar-refractivity contribution in [1.82, 2.24) is 5.32 Å². The van der Waals surface area contributed by atoms with E-state index in [0.29, 0.717) is 6.04 Å². The predicted molar refractivity (Wildman–Crippen MR) is 59.4 cm³/mol. The first kappa shape index (κ1) is 9.46. The zero-order chi connectivity index (χ0) is 10.3. The van der Waals surface area contributed by atoms with Crippen molar-refractivity contribution in [3.8, 4) is 0 Å². The molecule has 0 aromatic carbocycles. The van der Waals surface area contributed by atoms with Crippen molar-refractivity contribution < 1.29 is 4.42 Å². The molecule has 1 N–H and O–H groups in total. The fraction of sp³-hybridized carbons (Fsp3) is 0.692. The highest BCUT2D eigenvalue weighted by Crippen LogP contribution is 2.62. The van der Waals surface area contributed by atoms with Crippen LogP contribution in [-0.4, -0.2) is 6.54 Å². The molecule has 0 aliphatic heterocycles. The fourth-order valence-corrected chi connectivity index (χ4v) is 3.49. The zero-order valence-corrected chi connectivity index (χ0v) is 9.28. The third kappa shape index (κ3) is 1.51. The normalized spacial score (nSPS) is 35.1. The van der Waals surface area contributed by atoms with Gasteiger partial charge in [0.2, 0.25) is 0 Å². The van der Waals surface area contributed by atoms with Gasteiger partial charge >= 0.3 is 0 Å². The Hall–Kier alpha value is -0.760. The van der Waals surface area contributed by atoms with E-state index in [1.54, 1.807) is 6.26 Å². The van der Waals surface area contributed by atoms with Gasteiger partial charge in [0.15, 0.2) is 0 Å². The maximum atomic E-state index is 5.55. The Bertz CT molecular complexity index is 309. The molecule has 0 spiro atoms. The monoisotopic (exact) mass is 205 g/mol. The summed E-state index contributed by atoms with van der Waals surface area (Å²) >= 11 is 0. The number of nitrogens with one attached hydrogen (secondary N) is 1. The molecule has 3 rings (SSSR count). The Labute approximate surface area is 91.0 Å². The van der Waals surface area contributed by atoms with E-state index < -0.39 is 0 Å². The van der Waals surface area contributed by atoms with E-state index in [2.05, 4.69) is 18.3 Å². The quantitative estimate of drug-likeness (QED) is 0.817. The molecule has 2 aliphatic carbocycles. The largest absolute Gasteiger partial charge is 0.468 e. The molecular formula is C13H19NO. The van der Waals surface area contributed by atoms with E-state index in [-0.39, 0.29) is 0 Å². The molecule has 0 saturated heterocycles. The zero-order valence-electron chi connectivity index (χ0n) is 9.28. The summed E-state index contributed by atoms with van der Waals surface area (Å²) in [6, 6.07) is 4.58. The highest BCUT2D eigenvalue weighted by molar-refractivity contribution is 5.15. The molecule has 1 aromatic heterocycles. The molecule has 15 heavy (non-hydrogen) atoms. The summed E-state index contributed by atoms with van der Waals surface area (Å²) in [5, 5.41) is 3.58. The number of fused-ring (bicyclic) bond motifs is 1. The molecule has 0 radical (unpaired) electrons. The summed E-state index contributed by atoms with van der Waals surface area (Å²) in [7, 11) is 0. The van der Waals surface area contributed by atoms with Crippen LogP contribution < -0.4 is 5.32 Å². The van der Waals surface area contributed by atoms with E-state index in [1.165, 1.54) is 19.3 Å². The Morgan fingerprint density at radius 3 is 2.87 bits per heavy atom. The molecule has 2 fully saturated rings. The fourth-order valence-electron chi connectivity index (χ4n) is 3.49.